The number of ether oxygens (including phenoxy) is 1. The number of hydrogen-bond donors (Lipinski definition) is 2. The van der Waals surface area contributed by atoms with Gasteiger partial charge in [0.15, 0.2) is 6.10 Å². The van der Waals surface area contributed by atoms with E-state index in [4.69, 9.17) is 9.88 Å². The monoisotopic (exact) mass is 326 g/mol. The maximum atomic E-state index is 12.1. The molecule has 1 aromatic rings. The number of amides is 1. The molecule has 7 heteroatoms. The van der Waals surface area contributed by atoms with Gasteiger partial charge in [0.2, 0.25) is 10.0 Å². The number of rotatable bonds is 5. The number of carbonyl (C=O) groups excluding carboxylic acids is 1. The van der Waals surface area contributed by atoms with Crippen molar-refractivity contribution >= 4 is 15.9 Å². The summed E-state index contributed by atoms with van der Waals surface area (Å²) in [5.74, 6) is 0.279. The lowest BCUT2D eigenvalue weighted by atomic mass is 9.95. The predicted octanol–water partition coefficient (Wildman–Crippen LogP) is 1.55. The van der Waals surface area contributed by atoms with Crippen molar-refractivity contribution < 1.29 is 17.9 Å². The van der Waals surface area contributed by atoms with Crippen molar-refractivity contribution in [3.63, 3.8) is 0 Å². The summed E-state index contributed by atoms with van der Waals surface area (Å²) in [7, 11) is -3.72. The highest BCUT2D eigenvalue weighted by atomic mass is 32.2. The molecule has 0 radical (unpaired) electrons. The molecule has 1 atom stereocenters. The fourth-order valence-corrected chi connectivity index (χ4v) is 3.05. The standard InChI is InChI=1S/C15H22N2O4S/c1-11(15(18)17-12-5-3-2-4-6-12)21-13-7-9-14(10-8-13)22(16,19)20/h7-12H,2-6H2,1H3,(H,17,18)(H2,16,19,20)/t11-/m0/s1. The van der Waals surface area contributed by atoms with E-state index in [1.165, 1.54) is 30.7 Å². The van der Waals surface area contributed by atoms with E-state index in [-0.39, 0.29) is 16.8 Å². The molecule has 1 fully saturated rings. The summed E-state index contributed by atoms with van der Waals surface area (Å²) in [5.41, 5.74) is 0. The lowest BCUT2D eigenvalue weighted by molar-refractivity contribution is -0.128. The number of hydrogen-bond acceptors (Lipinski definition) is 4. The van der Waals surface area contributed by atoms with Crippen LogP contribution in [0.15, 0.2) is 29.2 Å². The second-order valence-electron chi connectivity index (χ2n) is 5.62. The molecule has 1 aliphatic carbocycles. The van der Waals surface area contributed by atoms with Gasteiger partial charge in [0.1, 0.15) is 5.75 Å². The van der Waals surface area contributed by atoms with Gasteiger partial charge in [-0.3, -0.25) is 4.79 Å². The van der Waals surface area contributed by atoms with Crippen molar-refractivity contribution in [2.45, 2.75) is 56.1 Å². The topological polar surface area (TPSA) is 98.5 Å². The average molecular weight is 326 g/mol. The number of nitrogens with one attached hydrogen (secondary N) is 1. The first-order valence-electron chi connectivity index (χ1n) is 7.46. The van der Waals surface area contributed by atoms with Gasteiger partial charge in [-0.2, -0.15) is 0 Å². The molecular formula is C15H22N2O4S. The third kappa shape index (κ3) is 4.71. The van der Waals surface area contributed by atoms with E-state index in [0.717, 1.165) is 25.7 Å². The van der Waals surface area contributed by atoms with Gasteiger partial charge in [-0.15, -0.1) is 0 Å². The van der Waals surface area contributed by atoms with E-state index in [9.17, 15) is 13.2 Å². The van der Waals surface area contributed by atoms with Crippen molar-refractivity contribution in [1.29, 1.82) is 0 Å². The lowest BCUT2D eigenvalue weighted by Crippen LogP contribution is -2.43. The molecule has 0 unspecified atom stereocenters. The Bertz CT molecular complexity index is 607. The normalized spacial score (nSPS) is 17.7. The van der Waals surface area contributed by atoms with Crippen LogP contribution in [0.4, 0.5) is 0 Å². The van der Waals surface area contributed by atoms with E-state index in [0.29, 0.717) is 5.75 Å². The second kappa shape index (κ2) is 7.11. The number of nitrogens with two attached hydrogens (primary N) is 1. The summed E-state index contributed by atoms with van der Waals surface area (Å²) in [6, 6.07) is 5.93. The van der Waals surface area contributed by atoms with E-state index in [2.05, 4.69) is 5.32 Å². The predicted molar refractivity (Wildman–Crippen MR) is 82.9 cm³/mol. The molecule has 0 bridgehead atoms. The second-order valence-corrected chi connectivity index (χ2v) is 7.18. The molecule has 2 rings (SSSR count). The molecule has 1 amide bonds. The molecule has 1 saturated carbocycles. The zero-order valence-electron chi connectivity index (χ0n) is 12.6. The number of primary sulfonamides is 1. The summed E-state index contributed by atoms with van der Waals surface area (Å²) in [5, 5.41) is 8.02. The van der Waals surface area contributed by atoms with Gasteiger partial charge in [0.05, 0.1) is 4.90 Å². The van der Waals surface area contributed by atoms with E-state index in [1.54, 1.807) is 6.92 Å². The number of carbonyl (C=O) groups is 1. The SMILES string of the molecule is C[C@H](Oc1ccc(S(N)(=O)=O)cc1)C(=O)NC1CCCCC1. The Morgan fingerprint density at radius 1 is 1.23 bits per heavy atom. The summed E-state index contributed by atoms with van der Waals surface area (Å²) in [6.07, 6.45) is 4.92. The Kier molecular flexibility index (Phi) is 5.42. The summed E-state index contributed by atoms with van der Waals surface area (Å²) >= 11 is 0. The molecule has 22 heavy (non-hydrogen) atoms. The first kappa shape index (κ1) is 16.8. The summed E-state index contributed by atoms with van der Waals surface area (Å²) in [4.78, 5) is 12.1. The van der Waals surface area contributed by atoms with Gasteiger partial charge in [0.25, 0.3) is 5.91 Å². The molecular weight excluding hydrogens is 304 g/mol. The van der Waals surface area contributed by atoms with Crippen molar-refractivity contribution in [3.8, 4) is 5.75 Å². The van der Waals surface area contributed by atoms with Gasteiger partial charge >= 0.3 is 0 Å². The van der Waals surface area contributed by atoms with Gasteiger partial charge in [-0.25, -0.2) is 13.6 Å². The summed E-state index contributed by atoms with van der Waals surface area (Å²) in [6.45, 7) is 1.67. The molecule has 122 valence electrons. The molecule has 0 saturated heterocycles. The Morgan fingerprint density at radius 2 is 1.82 bits per heavy atom. The lowest BCUT2D eigenvalue weighted by Gasteiger charge is -2.24. The fourth-order valence-electron chi connectivity index (χ4n) is 2.53. The Balaban J connectivity index is 1.90. The minimum atomic E-state index is -3.72. The van der Waals surface area contributed by atoms with Gasteiger partial charge in [-0.05, 0) is 44.0 Å². The third-order valence-electron chi connectivity index (χ3n) is 3.79. The van der Waals surface area contributed by atoms with Crippen LogP contribution in [0.2, 0.25) is 0 Å². The smallest absolute Gasteiger partial charge is 0.260 e. The molecule has 0 aromatic heterocycles. The molecule has 3 N–H and O–H groups in total. The van der Waals surface area contributed by atoms with E-state index >= 15 is 0 Å². The van der Waals surface area contributed by atoms with Gasteiger partial charge < -0.3 is 10.1 Å². The number of benzene rings is 1. The van der Waals surface area contributed by atoms with Crippen LogP contribution in [-0.4, -0.2) is 26.5 Å². The largest absolute Gasteiger partial charge is 0.481 e. The first-order valence-corrected chi connectivity index (χ1v) is 9.01. The van der Waals surface area contributed by atoms with Crippen LogP contribution in [0.3, 0.4) is 0 Å². The van der Waals surface area contributed by atoms with Crippen LogP contribution >= 0.6 is 0 Å². The molecule has 1 aromatic carbocycles. The molecule has 0 heterocycles. The highest BCUT2D eigenvalue weighted by Gasteiger charge is 2.20. The third-order valence-corrected chi connectivity index (χ3v) is 4.72. The Hall–Kier alpha value is -1.60. The van der Waals surface area contributed by atoms with Crippen LogP contribution in [0.25, 0.3) is 0 Å². The highest BCUT2D eigenvalue weighted by Crippen LogP contribution is 2.19. The first-order chi connectivity index (χ1) is 10.4. The van der Waals surface area contributed by atoms with Crippen molar-refractivity contribution in [3.05, 3.63) is 24.3 Å². The van der Waals surface area contributed by atoms with E-state index in [1.807, 2.05) is 0 Å². The van der Waals surface area contributed by atoms with Crippen molar-refractivity contribution in [2.24, 2.45) is 5.14 Å². The maximum absolute atomic E-state index is 12.1. The van der Waals surface area contributed by atoms with Crippen LogP contribution < -0.4 is 15.2 Å². The molecule has 0 spiro atoms. The van der Waals surface area contributed by atoms with Crippen LogP contribution in [0, 0.1) is 0 Å². The fraction of sp³-hybridized carbons (Fsp3) is 0.533. The maximum Gasteiger partial charge on any atom is 0.260 e. The zero-order chi connectivity index (χ0) is 16.2. The number of sulfonamides is 1. The molecule has 0 aliphatic heterocycles. The molecule has 6 nitrogen and oxygen atoms in total. The van der Waals surface area contributed by atoms with Crippen LogP contribution in [0.1, 0.15) is 39.0 Å². The van der Waals surface area contributed by atoms with Crippen LogP contribution in [0.5, 0.6) is 5.75 Å². The Labute approximate surface area is 131 Å². The Morgan fingerprint density at radius 3 is 2.36 bits per heavy atom. The van der Waals surface area contributed by atoms with Crippen molar-refractivity contribution in [2.75, 3.05) is 0 Å². The van der Waals surface area contributed by atoms with Crippen molar-refractivity contribution in [1.82, 2.24) is 5.32 Å². The van der Waals surface area contributed by atoms with E-state index < -0.39 is 16.1 Å². The summed E-state index contributed by atoms with van der Waals surface area (Å²) < 4.78 is 27.9. The van der Waals surface area contributed by atoms with Gasteiger partial charge in [0, 0.05) is 6.04 Å². The zero-order valence-corrected chi connectivity index (χ0v) is 13.4. The highest BCUT2D eigenvalue weighted by molar-refractivity contribution is 7.89. The minimum Gasteiger partial charge on any atom is -0.481 e. The quantitative estimate of drug-likeness (QED) is 0.857. The minimum absolute atomic E-state index is 0.0131. The average Bonchev–Trinajstić information content (AvgIpc) is 2.48. The molecule has 1 aliphatic rings. The van der Waals surface area contributed by atoms with Gasteiger partial charge in [-0.1, -0.05) is 19.3 Å². The van der Waals surface area contributed by atoms with Crippen LogP contribution in [-0.2, 0) is 14.8 Å².